The number of benzene rings is 1. The Morgan fingerprint density at radius 3 is 2.85 bits per heavy atom. The maximum atomic E-state index is 13.8. The topological polar surface area (TPSA) is 65.3 Å². The number of allylic oxidation sites excluding steroid dienone is 3. The van der Waals surface area contributed by atoms with Crippen molar-refractivity contribution < 1.29 is 13.9 Å². The summed E-state index contributed by atoms with van der Waals surface area (Å²) in [5.41, 5.74) is 3.48. The Morgan fingerprint density at radius 2 is 2.06 bits per heavy atom. The second-order valence-corrected chi connectivity index (χ2v) is 8.66. The zero-order valence-electron chi connectivity index (χ0n) is 20.0. The van der Waals surface area contributed by atoms with Gasteiger partial charge in [0.2, 0.25) is 0 Å². The largest absolute Gasteiger partial charge is 0.374 e. The van der Waals surface area contributed by atoms with Crippen LogP contribution in [0, 0.1) is 0 Å². The van der Waals surface area contributed by atoms with Crippen LogP contribution in [0.4, 0.5) is 10.2 Å². The molecule has 3 heterocycles. The number of likely N-dealkylation sites (N-methyl/N-ethyl adjacent to an activating group) is 1. The first kappa shape index (κ1) is 24.0. The molecule has 7 nitrogen and oxygen atoms in total. The van der Waals surface area contributed by atoms with Crippen LogP contribution in [0.1, 0.15) is 44.9 Å². The highest BCUT2D eigenvalue weighted by Gasteiger charge is 2.28. The van der Waals surface area contributed by atoms with E-state index in [1.54, 1.807) is 24.8 Å². The minimum Gasteiger partial charge on any atom is -0.374 e. The first-order chi connectivity index (χ1) is 16.5. The molecule has 1 saturated heterocycles. The van der Waals surface area contributed by atoms with Crippen LogP contribution in [-0.2, 0) is 16.1 Å². The molecule has 2 atom stereocenters. The van der Waals surface area contributed by atoms with Crippen LogP contribution in [0.2, 0.25) is 0 Å². The normalized spacial score (nSPS) is 19.2. The molecule has 0 aliphatic carbocycles. The summed E-state index contributed by atoms with van der Waals surface area (Å²) in [6.45, 7) is 5.48. The van der Waals surface area contributed by atoms with Crippen molar-refractivity contribution in [3.8, 4) is 0 Å². The summed E-state index contributed by atoms with van der Waals surface area (Å²) in [6, 6.07) is 10.1. The molecule has 0 bridgehead atoms. The van der Waals surface area contributed by atoms with Gasteiger partial charge in [-0.1, -0.05) is 42.8 Å². The maximum absolute atomic E-state index is 13.8. The standard InChI is InChI=1S/C26H32FN5O2/c1-4-8-21(27)13-19(2)14-31(3)25-24-26(29-17-28-25)32(18-30-24)23-12-11-22(34-23)16-33-15-20-9-6-5-7-10-20/h5-10,13,17-18,22-23H,4,11-12,14-16H2,1-3H3/b19-13+,21-8+. The van der Waals surface area contributed by atoms with Crippen LogP contribution < -0.4 is 4.90 Å². The van der Waals surface area contributed by atoms with Crippen molar-refractivity contribution in [3.05, 3.63) is 72.1 Å². The van der Waals surface area contributed by atoms with Crippen molar-refractivity contribution in [3.63, 3.8) is 0 Å². The molecule has 4 rings (SSSR count). The molecule has 1 fully saturated rings. The molecule has 1 aromatic carbocycles. The fourth-order valence-corrected chi connectivity index (χ4v) is 4.21. The highest BCUT2D eigenvalue weighted by molar-refractivity contribution is 5.83. The Morgan fingerprint density at radius 1 is 1.24 bits per heavy atom. The molecule has 180 valence electrons. The molecule has 1 aliphatic rings. The molecule has 0 radical (unpaired) electrons. The van der Waals surface area contributed by atoms with Crippen molar-refractivity contribution >= 4 is 17.0 Å². The number of fused-ring (bicyclic) bond motifs is 1. The number of nitrogens with zero attached hydrogens (tertiary/aromatic N) is 5. The lowest BCUT2D eigenvalue weighted by Gasteiger charge is -2.19. The Kier molecular flexibility index (Phi) is 8.03. The van der Waals surface area contributed by atoms with Crippen molar-refractivity contribution in [2.45, 2.75) is 52.0 Å². The van der Waals surface area contributed by atoms with Crippen LogP contribution in [0.15, 0.2) is 66.5 Å². The van der Waals surface area contributed by atoms with Crippen molar-refractivity contribution in [2.75, 3.05) is 25.1 Å². The van der Waals surface area contributed by atoms with Crippen LogP contribution in [-0.4, -0.2) is 45.8 Å². The van der Waals surface area contributed by atoms with Gasteiger partial charge in [0.15, 0.2) is 17.0 Å². The molecule has 0 amide bonds. The molecular formula is C26H32FN5O2. The number of imidazole rings is 1. The average molecular weight is 466 g/mol. The summed E-state index contributed by atoms with van der Waals surface area (Å²) >= 11 is 0. The molecule has 3 aromatic rings. The van der Waals surface area contributed by atoms with E-state index >= 15 is 0 Å². The molecule has 2 aromatic heterocycles. The fourth-order valence-electron chi connectivity index (χ4n) is 4.21. The summed E-state index contributed by atoms with van der Waals surface area (Å²) in [6.07, 6.45) is 8.77. The second kappa shape index (κ2) is 11.4. The predicted octanol–water partition coefficient (Wildman–Crippen LogP) is 5.37. The molecule has 0 spiro atoms. The van der Waals surface area contributed by atoms with Gasteiger partial charge < -0.3 is 14.4 Å². The lowest BCUT2D eigenvalue weighted by atomic mass is 10.2. The Balaban J connectivity index is 1.40. The lowest BCUT2D eigenvalue weighted by molar-refractivity contribution is -0.0433. The average Bonchev–Trinajstić information content (AvgIpc) is 3.46. The van der Waals surface area contributed by atoms with E-state index in [1.807, 2.05) is 48.6 Å². The molecule has 1 aliphatic heterocycles. The predicted molar refractivity (Wildman–Crippen MR) is 131 cm³/mol. The van der Waals surface area contributed by atoms with E-state index in [0.29, 0.717) is 37.5 Å². The molecule has 0 saturated carbocycles. The zero-order valence-corrected chi connectivity index (χ0v) is 20.0. The third kappa shape index (κ3) is 5.87. The number of hydrogen-bond acceptors (Lipinski definition) is 6. The van der Waals surface area contributed by atoms with Gasteiger partial charge in [-0.15, -0.1) is 0 Å². The van der Waals surface area contributed by atoms with Crippen LogP contribution in [0.25, 0.3) is 11.2 Å². The Labute approximate surface area is 199 Å². The van der Waals surface area contributed by atoms with Crippen molar-refractivity contribution in [1.29, 1.82) is 0 Å². The Bertz CT molecular complexity index is 1140. The minimum absolute atomic E-state index is 0.0361. The van der Waals surface area contributed by atoms with E-state index in [9.17, 15) is 4.39 Å². The summed E-state index contributed by atoms with van der Waals surface area (Å²) in [5.74, 6) is 0.489. The molecule has 8 heteroatoms. The van der Waals surface area contributed by atoms with Gasteiger partial charge in [0.1, 0.15) is 18.4 Å². The van der Waals surface area contributed by atoms with E-state index in [0.717, 1.165) is 29.6 Å². The van der Waals surface area contributed by atoms with Gasteiger partial charge >= 0.3 is 0 Å². The van der Waals surface area contributed by atoms with E-state index < -0.39 is 0 Å². The van der Waals surface area contributed by atoms with Gasteiger partial charge in [0.05, 0.1) is 25.6 Å². The van der Waals surface area contributed by atoms with Crippen molar-refractivity contribution in [2.24, 2.45) is 0 Å². The highest BCUT2D eigenvalue weighted by atomic mass is 19.1. The summed E-state index contributed by atoms with van der Waals surface area (Å²) in [4.78, 5) is 15.5. The van der Waals surface area contributed by atoms with Gasteiger partial charge in [-0.2, -0.15) is 0 Å². The van der Waals surface area contributed by atoms with Crippen LogP contribution in [0.3, 0.4) is 0 Å². The first-order valence-electron chi connectivity index (χ1n) is 11.7. The van der Waals surface area contributed by atoms with E-state index in [1.165, 1.54) is 0 Å². The molecular weight excluding hydrogens is 433 g/mol. The number of anilines is 1. The van der Waals surface area contributed by atoms with E-state index in [2.05, 4.69) is 27.1 Å². The number of aromatic nitrogens is 4. The van der Waals surface area contributed by atoms with Crippen LogP contribution >= 0.6 is 0 Å². The SMILES string of the molecule is CC/C=C(F)\C=C(/C)CN(C)c1ncnc2c1ncn2C1CCC(COCc2ccccc2)O1. The quantitative estimate of drug-likeness (QED) is 0.375. The maximum Gasteiger partial charge on any atom is 0.167 e. The number of hydrogen-bond donors (Lipinski definition) is 0. The third-order valence-electron chi connectivity index (χ3n) is 5.78. The van der Waals surface area contributed by atoms with Gasteiger partial charge in [0, 0.05) is 13.6 Å². The number of ether oxygens (including phenoxy) is 2. The molecule has 0 N–H and O–H groups in total. The number of halogens is 1. The minimum atomic E-state index is -0.216. The van der Waals surface area contributed by atoms with Gasteiger partial charge in [-0.05, 0) is 43.9 Å². The third-order valence-corrected chi connectivity index (χ3v) is 5.78. The van der Waals surface area contributed by atoms with Gasteiger partial charge in [0.25, 0.3) is 0 Å². The Hall–Kier alpha value is -3.10. The smallest absolute Gasteiger partial charge is 0.167 e. The molecule has 2 unspecified atom stereocenters. The fraction of sp³-hybridized carbons (Fsp3) is 0.423. The number of rotatable bonds is 10. The monoisotopic (exact) mass is 465 g/mol. The summed E-state index contributed by atoms with van der Waals surface area (Å²) in [5, 5.41) is 0. The summed E-state index contributed by atoms with van der Waals surface area (Å²) < 4.78 is 27.9. The van der Waals surface area contributed by atoms with Crippen LogP contribution in [0.5, 0.6) is 0 Å². The lowest BCUT2D eigenvalue weighted by Crippen LogP contribution is -2.21. The summed E-state index contributed by atoms with van der Waals surface area (Å²) in [7, 11) is 1.92. The first-order valence-corrected chi connectivity index (χ1v) is 11.7. The second-order valence-electron chi connectivity index (χ2n) is 8.66. The van der Waals surface area contributed by atoms with Gasteiger partial charge in [-0.3, -0.25) is 4.57 Å². The van der Waals surface area contributed by atoms with E-state index in [-0.39, 0.29) is 18.2 Å². The van der Waals surface area contributed by atoms with Crippen molar-refractivity contribution in [1.82, 2.24) is 19.5 Å². The van der Waals surface area contributed by atoms with E-state index in [4.69, 9.17) is 9.47 Å². The highest BCUT2D eigenvalue weighted by Crippen LogP contribution is 2.32. The molecule has 34 heavy (non-hydrogen) atoms. The van der Waals surface area contributed by atoms with Gasteiger partial charge in [-0.25, -0.2) is 19.3 Å². The zero-order chi connectivity index (χ0) is 23.9.